The van der Waals surface area contributed by atoms with Gasteiger partial charge < -0.3 is 9.63 Å². The van der Waals surface area contributed by atoms with Crippen molar-refractivity contribution in [2.75, 3.05) is 0 Å². The molecule has 1 aromatic carbocycles. The molecule has 2 saturated carbocycles. The summed E-state index contributed by atoms with van der Waals surface area (Å²) >= 11 is 0. The Morgan fingerprint density at radius 1 is 1.25 bits per heavy atom. The number of aromatic hydroxyl groups is 1. The van der Waals surface area contributed by atoms with Crippen LogP contribution in [-0.2, 0) is 6.42 Å². The quantitative estimate of drug-likeness (QED) is 0.928. The molecule has 4 nitrogen and oxygen atoms in total. The van der Waals surface area contributed by atoms with Gasteiger partial charge in [-0.15, -0.1) is 0 Å². The van der Waals surface area contributed by atoms with Crippen LogP contribution in [0.4, 0.5) is 0 Å². The summed E-state index contributed by atoms with van der Waals surface area (Å²) in [5.74, 6) is 4.07. The van der Waals surface area contributed by atoms with Crippen molar-refractivity contribution in [2.45, 2.75) is 32.1 Å². The van der Waals surface area contributed by atoms with Crippen LogP contribution in [0.5, 0.6) is 5.75 Å². The molecule has 1 N–H and O–H groups in total. The maximum absolute atomic E-state index is 9.50. The number of phenolic OH excluding ortho intramolecular Hbond substituents is 1. The van der Waals surface area contributed by atoms with Gasteiger partial charge in [-0.1, -0.05) is 23.7 Å². The van der Waals surface area contributed by atoms with Gasteiger partial charge in [-0.25, -0.2) is 0 Å². The first-order chi connectivity index (χ1) is 9.78. The van der Waals surface area contributed by atoms with Gasteiger partial charge in [0.25, 0.3) is 0 Å². The number of hydrogen-bond donors (Lipinski definition) is 1. The highest BCUT2D eigenvalue weighted by Gasteiger charge is 2.40. The molecule has 2 aliphatic carbocycles. The molecule has 4 heteroatoms. The van der Waals surface area contributed by atoms with Crippen LogP contribution in [0.15, 0.2) is 28.8 Å². The largest absolute Gasteiger partial charge is 0.508 e. The molecule has 3 unspecified atom stereocenters. The van der Waals surface area contributed by atoms with E-state index in [0.29, 0.717) is 5.82 Å². The summed E-state index contributed by atoms with van der Waals surface area (Å²) in [6.07, 6.45) is 6.43. The van der Waals surface area contributed by atoms with E-state index in [-0.39, 0.29) is 5.75 Å². The van der Waals surface area contributed by atoms with E-state index in [0.717, 1.165) is 35.6 Å². The van der Waals surface area contributed by atoms with E-state index >= 15 is 0 Å². The average molecular weight is 270 g/mol. The molecule has 2 aliphatic rings. The molecule has 0 aliphatic heterocycles. The van der Waals surface area contributed by atoms with Crippen LogP contribution in [0.1, 0.15) is 31.6 Å². The number of phenols is 1. The molecule has 0 radical (unpaired) electrons. The molecule has 1 heterocycles. The zero-order valence-electron chi connectivity index (χ0n) is 11.3. The van der Waals surface area contributed by atoms with E-state index in [1.807, 2.05) is 6.07 Å². The summed E-state index contributed by atoms with van der Waals surface area (Å²) in [7, 11) is 0. The van der Waals surface area contributed by atoms with E-state index in [1.165, 1.54) is 25.7 Å². The summed E-state index contributed by atoms with van der Waals surface area (Å²) < 4.78 is 5.39. The molecular weight excluding hydrogens is 252 g/mol. The molecule has 20 heavy (non-hydrogen) atoms. The second kappa shape index (κ2) is 4.62. The van der Waals surface area contributed by atoms with Crippen LogP contribution in [0, 0.1) is 17.8 Å². The second-order valence-electron chi connectivity index (χ2n) is 6.20. The van der Waals surface area contributed by atoms with Crippen molar-refractivity contribution in [3.8, 4) is 17.1 Å². The normalized spacial score (nSPS) is 28.1. The lowest BCUT2D eigenvalue weighted by Crippen LogP contribution is -2.13. The lowest BCUT2D eigenvalue weighted by molar-refractivity contribution is 0.288. The molecule has 2 aromatic rings. The zero-order valence-corrected chi connectivity index (χ0v) is 11.3. The Morgan fingerprint density at radius 2 is 2.20 bits per heavy atom. The van der Waals surface area contributed by atoms with Gasteiger partial charge in [0.15, 0.2) is 0 Å². The molecule has 104 valence electrons. The molecule has 0 saturated heterocycles. The van der Waals surface area contributed by atoms with Gasteiger partial charge in [0.2, 0.25) is 11.7 Å². The van der Waals surface area contributed by atoms with Crippen LogP contribution in [0.2, 0.25) is 0 Å². The predicted octanol–water partition coefficient (Wildman–Crippen LogP) is 3.42. The van der Waals surface area contributed by atoms with Crippen molar-refractivity contribution >= 4 is 0 Å². The number of hydrogen-bond acceptors (Lipinski definition) is 4. The van der Waals surface area contributed by atoms with Crippen LogP contribution in [-0.4, -0.2) is 15.2 Å². The summed E-state index contributed by atoms with van der Waals surface area (Å²) in [5.41, 5.74) is 0.799. The first-order valence-corrected chi connectivity index (χ1v) is 7.40. The fourth-order valence-corrected chi connectivity index (χ4v) is 3.95. The van der Waals surface area contributed by atoms with Gasteiger partial charge in [-0.3, -0.25) is 0 Å². The molecule has 1 aromatic heterocycles. The lowest BCUT2D eigenvalue weighted by Gasteiger charge is -2.19. The van der Waals surface area contributed by atoms with Crippen molar-refractivity contribution in [3.05, 3.63) is 30.2 Å². The second-order valence-corrected chi connectivity index (χ2v) is 6.20. The van der Waals surface area contributed by atoms with Gasteiger partial charge in [0, 0.05) is 12.0 Å². The molecular formula is C16H18N2O2. The van der Waals surface area contributed by atoms with Gasteiger partial charge in [0.1, 0.15) is 5.75 Å². The summed E-state index contributed by atoms with van der Waals surface area (Å²) in [5, 5.41) is 13.5. The Labute approximate surface area is 117 Å². The van der Waals surface area contributed by atoms with Crippen LogP contribution < -0.4 is 0 Å². The molecule has 4 rings (SSSR count). The van der Waals surface area contributed by atoms with Crippen molar-refractivity contribution in [1.82, 2.24) is 10.1 Å². The van der Waals surface area contributed by atoms with Crippen molar-refractivity contribution in [3.63, 3.8) is 0 Å². The topological polar surface area (TPSA) is 59.2 Å². The first-order valence-electron chi connectivity index (χ1n) is 7.40. The Kier molecular flexibility index (Phi) is 2.76. The average Bonchev–Trinajstić information content (AvgIpc) is 3.14. The fourth-order valence-electron chi connectivity index (χ4n) is 3.95. The highest BCUT2D eigenvalue weighted by molar-refractivity contribution is 5.56. The zero-order chi connectivity index (χ0) is 13.5. The van der Waals surface area contributed by atoms with Crippen LogP contribution in [0.3, 0.4) is 0 Å². The Morgan fingerprint density at radius 3 is 2.95 bits per heavy atom. The maximum Gasteiger partial charge on any atom is 0.227 e. The van der Waals surface area contributed by atoms with Gasteiger partial charge in [-0.05, 0) is 49.1 Å². The smallest absolute Gasteiger partial charge is 0.227 e. The number of rotatable bonds is 3. The SMILES string of the molecule is Oc1cccc(-c2noc(CC3CC4CCC3C4)n2)c1. The van der Waals surface area contributed by atoms with Gasteiger partial charge >= 0.3 is 0 Å². The predicted molar refractivity (Wildman–Crippen MR) is 74.0 cm³/mol. The third kappa shape index (κ3) is 2.09. The first kappa shape index (κ1) is 11.9. The highest BCUT2D eigenvalue weighted by atomic mass is 16.5. The van der Waals surface area contributed by atoms with Crippen LogP contribution in [0.25, 0.3) is 11.4 Å². The Bertz CT molecular complexity index is 622. The van der Waals surface area contributed by atoms with Gasteiger partial charge in [0.05, 0.1) is 0 Å². The highest BCUT2D eigenvalue weighted by Crippen LogP contribution is 2.49. The minimum Gasteiger partial charge on any atom is -0.508 e. The van der Waals surface area contributed by atoms with Crippen LogP contribution >= 0.6 is 0 Å². The van der Waals surface area contributed by atoms with E-state index in [9.17, 15) is 5.11 Å². The molecule has 2 bridgehead atoms. The number of aromatic nitrogens is 2. The third-order valence-electron chi connectivity index (χ3n) is 4.89. The van der Waals surface area contributed by atoms with E-state index < -0.39 is 0 Å². The van der Waals surface area contributed by atoms with Crippen molar-refractivity contribution in [2.24, 2.45) is 17.8 Å². The summed E-state index contributed by atoms with van der Waals surface area (Å²) in [4.78, 5) is 4.48. The molecule has 0 amide bonds. The Balaban J connectivity index is 1.51. The number of benzene rings is 1. The van der Waals surface area contributed by atoms with Gasteiger partial charge in [-0.2, -0.15) is 4.98 Å². The standard InChI is InChI=1S/C16H18N2O2/c19-14-3-1-2-12(8-14)16-17-15(20-18-16)9-13-7-10-4-5-11(13)6-10/h1-3,8,10-11,13,19H,4-7,9H2. The van der Waals surface area contributed by atoms with Crippen molar-refractivity contribution in [1.29, 1.82) is 0 Å². The summed E-state index contributed by atoms with van der Waals surface area (Å²) in [6, 6.07) is 6.97. The fraction of sp³-hybridized carbons (Fsp3) is 0.500. The lowest BCUT2D eigenvalue weighted by atomic mass is 9.86. The maximum atomic E-state index is 9.50. The Hall–Kier alpha value is -1.84. The minimum absolute atomic E-state index is 0.224. The number of nitrogens with zero attached hydrogens (tertiary/aromatic N) is 2. The molecule has 3 atom stereocenters. The van der Waals surface area contributed by atoms with E-state index in [1.54, 1.807) is 18.2 Å². The third-order valence-corrected chi connectivity index (χ3v) is 4.89. The van der Waals surface area contributed by atoms with Crippen molar-refractivity contribution < 1.29 is 9.63 Å². The monoisotopic (exact) mass is 270 g/mol. The van der Waals surface area contributed by atoms with E-state index in [2.05, 4.69) is 10.1 Å². The minimum atomic E-state index is 0.224. The number of fused-ring (bicyclic) bond motifs is 2. The molecule has 2 fully saturated rings. The summed E-state index contributed by atoms with van der Waals surface area (Å²) in [6.45, 7) is 0. The van der Waals surface area contributed by atoms with E-state index in [4.69, 9.17) is 4.52 Å². The molecule has 0 spiro atoms.